The molecule has 0 spiro atoms. The zero-order valence-corrected chi connectivity index (χ0v) is 34.2. The number of nitrogens with zero attached hydrogens (tertiary/aromatic N) is 5. The highest BCUT2D eigenvalue weighted by Crippen LogP contribution is 2.37. The smallest absolute Gasteiger partial charge is 0.293 e. The number of aromatic nitrogens is 2. The summed E-state index contributed by atoms with van der Waals surface area (Å²) in [6.07, 6.45) is 3.76. The number of rotatable bonds is 17. The monoisotopic (exact) mass is 817 g/mol. The number of sulfonamides is 1. The van der Waals surface area contributed by atoms with Gasteiger partial charge in [-0.25, -0.2) is 18.4 Å². The molecule has 6 aromatic rings. The predicted octanol–water partition coefficient (Wildman–Crippen LogP) is 8.37. The van der Waals surface area contributed by atoms with Crippen molar-refractivity contribution in [3.8, 4) is 11.1 Å². The van der Waals surface area contributed by atoms with Crippen LogP contribution in [0.25, 0.3) is 22.0 Å². The van der Waals surface area contributed by atoms with Gasteiger partial charge in [-0.2, -0.15) is 0 Å². The quantitative estimate of drug-likeness (QED) is 0.0397. The molecule has 300 valence electrons. The third kappa shape index (κ3) is 9.94. The summed E-state index contributed by atoms with van der Waals surface area (Å²) in [6.45, 7) is 3.44. The number of benzene rings is 5. The van der Waals surface area contributed by atoms with Crippen molar-refractivity contribution in [1.82, 2.24) is 14.9 Å². The average molecular weight is 818 g/mol. The van der Waals surface area contributed by atoms with Crippen LogP contribution in [-0.4, -0.2) is 86.4 Å². The van der Waals surface area contributed by atoms with Crippen molar-refractivity contribution in [3.63, 3.8) is 0 Å². The summed E-state index contributed by atoms with van der Waals surface area (Å²) in [5.74, 6) is 0.753. The fourth-order valence-corrected chi connectivity index (χ4v) is 9.11. The highest BCUT2D eigenvalue weighted by molar-refractivity contribution is 7.99. The SMILES string of the molecule is CN(C)CCOC1(Cc2ccccc2-c2ccccc2)CCN(c2ccc3c(NS(=O)(=O)c4ccc(NCCSc5ccccc5)c([N+](=O)[O-])c4)ncnc3c2)CC1. The van der Waals surface area contributed by atoms with Crippen LogP contribution in [-0.2, 0) is 21.2 Å². The van der Waals surface area contributed by atoms with Crippen LogP contribution in [0.4, 0.5) is 22.9 Å². The molecule has 14 heteroatoms. The number of hydrogen-bond acceptors (Lipinski definition) is 11. The predicted molar refractivity (Wildman–Crippen MR) is 233 cm³/mol. The summed E-state index contributed by atoms with van der Waals surface area (Å²) >= 11 is 1.62. The molecule has 7 rings (SSSR count). The third-order valence-electron chi connectivity index (χ3n) is 10.4. The second kappa shape index (κ2) is 18.4. The van der Waals surface area contributed by atoms with Gasteiger partial charge in [-0.1, -0.05) is 72.8 Å². The Morgan fingerprint density at radius 3 is 2.36 bits per heavy atom. The van der Waals surface area contributed by atoms with Crippen molar-refractivity contribution in [2.45, 2.75) is 34.7 Å². The fraction of sp³-hybridized carbons (Fsp3) is 0.273. The fourth-order valence-electron chi connectivity index (χ4n) is 7.27. The molecule has 58 heavy (non-hydrogen) atoms. The van der Waals surface area contributed by atoms with Crippen LogP contribution in [0.3, 0.4) is 0 Å². The molecule has 0 radical (unpaired) electrons. The number of ether oxygens (including phenoxy) is 1. The van der Waals surface area contributed by atoms with Gasteiger partial charge in [0.25, 0.3) is 15.7 Å². The molecular formula is C44H47N7O5S2. The normalized spacial score (nSPS) is 14.1. The maximum Gasteiger partial charge on any atom is 0.293 e. The van der Waals surface area contributed by atoms with Gasteiger partial charge in [0, 0.05) is 60.4 Å². The summed E-state index contributed by atoms with van der Waals surface area (Å²) in [5, 5.41) is 15.6. The number of thioether (sulfide) groups is 1. The van der Waals surface area contributed by atoms with E-state index in [0.29, 0.717) is 29.8 Å². The molecule has 1 aliphatic rings. The van der Waals surface area contributed by atoms with Crippen molar-refractivity contribution < 1.29 is 18.1 Å². The Kier molecular flexibility index (Phi) is 12.9. The first-order valence-corrected chi connectivity index (χ1v) is 21.7. The van der Waals surface area contributed by atoms with Crippen LogP contribution in [0.5, 0.6) is 0 Å². The molecule has 1 aliphatic heterocycles. The largest absolute Gasteiger partial charge is 0.379 e. The van der Waals surface area contributed by atoms with Gasteiger partial charge in [0.2, 0.25) is 0 Å². The molecule has 1 saturated heterocycles. The van der Waals surface area contributed by atoms with E-state index in [-0.39, 0.29) is 27.7 Å². The minimum absolute atomic E-state index is 0.0865. The lowest BCUT2D eigenvalue weighted by atomic mass is 9.82. The third-order valence-corrected chi connectivity index (χ3v) is 12.7. The van der Waals surface area contributed by atoms with Gasteiger partial charge in [-0.05, 0) is 86.1 Å². The van der Waals surface area contributed by atoms with E-state index in [9.17, 15) is 18.5 Å². The van der Waals surface area contributed by atoms with E-state index in [1.807, 2.05) is 54.6 Å². The van der Waals surface area contributed by atoms with Crippen molar-refractivity contribution in [2.24, 2.45) is 0 Å². The van der Waals surface area contributed by atoms with Gasteiger partial charge in [0.05, 0.1) is 27.5 Å². The van der Waals surface area contributed by atoms with Gasteiger partial charge in [0.1, 0.15) is 12.0 Å². The van der Waals surface area contributed by atoms with Crippen LogP contribution >= 0.6 is 11.8 Å². The maximum atomic E-state index is 13.6. The molecule has 0 atom stereocenters. The Morgan fingerprint density at radius 2 is 1.62 bits per heavy atom. The molecule has 0 amide bonds. The summed E-state index contributed by atoms with van der Waals surface area (Å²) in [5.41, 5.74) is 4.78. The highest BCUT2D eigenvalue weighted by Gasteiger charge is 2.37. The lowest BCUT2D eigenvalue weighted by molar-refractivity contribution is -0.384. The number of nitro benzene ring substituents is 1. The molecule has 12 nitrogen and oxygen atoms in total. The first-order chi connectivity index (χ1) is 28.1. The molecule has 5 aromatic carbocycles. The highest BCUT2D eigenvalue weighted by atomic mass is 32.2. The molecule has 0 aliphatic carbocycles. The topological polar surface area (TPSA) is 143 Å². The number of piperidine rings is 1. The minimum Gasteiger partial charge on any atom is -0.379 e. The van der Waals surface area contributed by atoms with E-state index >= 15 is 0 Å². The summed E-state index contributed by atoms with van der Waals surface area (Å²) in [4.78, 5) is 25.5. The van der Waals surface area contributed by atoms with Crippen LogP contribution < -0.4 is 14.9 Å². The van der Waals surface area contributed by atoms with Crippen molar-refractivity contribution in [2.75, 3.05) is 67.6 Å². The zero-order valence-electron chi connectivity index (χ0n) is 32.6. The first-order valence-electron chi connectivity index (χ1n) is 19.2. The summed E-state index contributed by atoms with van der Waals surface area (Å²) < 4.78 is 36.6. The van der Waals surface area contributed by atoms with Gasteiger partial charge in [-0.15, -0.1) is 11.8 Å². The van der Waals surface area contributed by atoms with Crippen LogP contribution in [0.2, 0.25) is 0 Å². The number of nitrogens with one attached hydrogen (secondary N) is 2. The minimum atomic E-state index is -4.25. The number of fused-ring (bicyclic) bond motifs is 1. The Balaban J connectivity index is 1.05. The average Bonchev–Trinajstić information content (AvgIpc) is 3.23. The van der Waals surface area contributed by atoms with E-state index in [1.165, 1.54) is 35.2 Å². The Hall–Kier alpha value is -5.54. The number of hydrogen-bond donors (Lipinski definition) is 2. The van der Waals surface area contributed by atoms with Gasteiger partial charge < -0.3 is 19.9 Å². The van der Waals surface area contributed by atoms with E-state index in [2.05, 4.69) is 92.4 Å². The Bertz CT molecular complexity index is 2450. The van der Waals surface area contributed by atoms with Crippen LogP contribution in [0.15, 0.2) is 137 Å². The number of nitro groups is 1. The molecule has 1 aromatic heterocycles. The van der Waals surface area contributed by atoms with Crippen LogP contribution in [0, 0.1) is 10.1 Å². The number of likely N-dealkylation sites (N-methyl/N-ethyl adjacent to an activating group) is 1. The van der Waals surface area contributed by atoms with E-state index in [0.717, 1.165) is 55.5 Å². The van der Waals surface area contributed by atoms with E-state index < -0.39 is 14.9 Å². The number of anilines is 3. The Morgan fingerprint density at radius 1 is 0.897 bits per heavy atom. The zero-order chi connectivity index (χ0) is 40.5. The lowest BCUT2D eigenvalue weighted by Crippen LogP contribution is -2.48. The second-order valence-corrected chi connectivity index (χ2v) is 17.4. The standard InChI is InChI=1S/C44H47N7O5S2/c1-49(2)26-27-56-44(31-34-13-9-10-16-38(34)33-11-5-3-6-12-33)21-24-50(25-22-44)35-17-19-39-41(29-35)46-32-47-43(39)48-58(54,55)37-18-20-40(42(30-37)51(52)53)45-23-28-57-36-14-7-4-8-15-36/h3-20,29-30,32,45H,21-28,31H2,1-2H3,(H,46,47,48). The molecule has 0 saturated carbocycles. The molecule has 2 heterocycles. The maximum absolute atomic E-state index is 13.6. The van der Waals surface area contributed by atoms with E-state index in [4.69, 9.17) is 4.74 Å². The molecule has 0 unspecified atom stereocenters. The lowest BCUT2D eigenvalue weighted by Gasteiger charge is -2.43. The molecule has 1 fully saturated rings. The Labute approximate surface area is 343 Å². The molecule has 2 N–H and O–H groups in total. The van der Waals surface area contributed by atoms with E-state index in [1.54, 1.807) is 11.8 Å². The van der Waals surface area contributed by atoms with Crippen molar-refractivity contribution >= 4 is 55.6 Å². The first kappa shape index (κ1) is 40.6. The summed E-state index contributed by atoms with van der Waals surface area (Å²) in [6, 6.07) is 38.5. The summed E-state index contributed by atoms with van der Waals surface area (Å²) in [7, 11) is -0.137. The second-order valence-electron chi connectivity index (χ2n) is 14.6. The van der Waals surface area contributed by atoms with Gasteiger partial charge in [-0.3, -0.25) is 14.8 Å². The van der Waals surface area contributed by atoms with Crippen molar-refractivity contribution in [3.05, 3.63) is 143 Å². The van der Waals surface area contributed by atoms with Gasteiger partial charge >= 0.3 is 0 Å². The van der Waals surface area contributed by atoms with Gasteiger partial charge in [0.15, 0.2) is 5.82 Å². The van der Waals surface area contributed by atoms with Crippen molar-refractivity contribution in [1.29, 1.82) is 0 Å². The van der Waals surface area contributed by atoms with Crippen LogP contribution in [0.1, 0.15) is 18.4 Å². The molecule has 0 bridgehead atoms. The molecular weight excluding hydrogens is 771 g/mol.